The molecule has 2 aliphatic rings. The lowest BCUT2D eigenvalue weighted by Crippen LogP contribution is -2.68. The summed E-state index contributed by atoms with van der Waals surface area (Å²) in [6, 6.07) is 7.13. The molecule has 2 aromatic rings. The number of hydrogen-bond donors (Lipinski definition) is 9. The highest BCUT2D eigenvalue weighted by Gasteiger charge is 2.60. The molecule has 0 spiro atoms. The van der Waals surface area contributed by atoms with Crippen LogP contribution in [0.2, 0.25) is 0 Å². The van der Waals surface area contributed by atoms with Gasteiger partial charge in [0.1, 0.15) is 43.2 Å². The van der Waals surface area contributed by atoms with E-state index in [2.05, 4.69) is 0 Å². The van der Waals surface area contributed by atoms with E-state index in [1.165, 1.54) is 37.3 Å². The number of hydrogen-bond acceptors (Lipinski definition) is 15. The van der Waals surface area contributed by atoms with Crippen LogP contribution in [0.1, 0.15) is 25.0 Å². The number of esters is 1. The Labute approximate surface area is 251 Å². The molecule has 10 unspecified atom stereocenters. The number of aliphatic hydroxyl groups excluding tert-OH is 4. The van der Waals surface area contributed by atoms with Crippen LogP contribution in [0.3, 0.4) is 0 Å². The molecule has 0 radical (unpaired) electrons. The standard InChI is InChI=1S/C29H36O15/c1-3-40-28-29(39,15-6-8-17(31)19(33)11-15)26(44-27-25(38)24(37)22(35)13(2)42-27)23(36)20(43-28)12-41-21(34)9-5-14-4-7-16(30)18(32)10-14/h4-11,13,20,22-28,30-33,35-39H,3,12H2,1-2H3/b9-5+. The number of carbonyl (C=O) groups excluding carboxylic acids is 1. The smallest absolute Gasteiger partial charge is 0.330 e. The third-order valence-electron chi connectivity index (χ3n) is 7.43. The van der Waals surface area contributed by atoms with Gasteiger partial charge in [0, 0.05) is 12.7 Å². The van der Waals surface area contributed by atoms with Gasteiger partial charge in [-0.3, -0.25) is 0 Å². The zero-order chi connectivity index (χ0) is 32.3. The molecule has 15 nitrogen and oxygen atoms in total. The van der Waals surface area contributed by atoms with Gasteiger partial charge in [-0.15, -0.1) is 0 Å². The molecule has 9 N–H and O–H groups in total. The topological polar surface area (TPSA) is 245 Å². The highest BCUT2D eigenvalue weighted by atomic mass is 16.7. The van der Waals surface area contributed by atoms with Crippen molar-refractivity contribution in [2.75, 3.05) is 13.2 Å². The zero-order valence-electron chi connectivity index (χ0n) is 23.7. The predicted molar refractivity (Wildman–Crippen MR) is 147 cm³/mol. The number of aliphatic hydroxyl groups is 5. The maximum absolute atomic E-state index is 12.5. The summed E-state index contributed by atoms with van der Waals surface area (Å²) < 4.78 is 28.1. The minimum Gasteiger partial charge on any atom is -0.504 e. The van der Waals surface area contributed by atoms with Gasteiger partial charge in [-0.25, -0.2) is 4.79 Å². The van der Waals surface area contributed by atoms with E-state index in [9.17, 15) is 50.8 Å². The first-order valence-electron chi connectivity index (χ1n) is 13.7. The van der Waals surface area contributed by atoms with Crippen molar-refractivity contribution >= 4 is 12.0 Å². The van der Waals surface area contributed by atoms with Crippen molar-refractivity contribution in [1.29, 1.82) is 0 Å². The van der Waals surface area contributed by atoms with Gasteiger partial charge < -0.3 is 69.6 Å². The minimum absolute atomic E-state index is 0.0426. The zero-order valence-corrected chi connectivity index (χ0v) is 23.7. The first kappa shape index (κ1) is 33.4. The molecule has 4 rings (SSSR count). The Balaban J connectivity index is 1.62. The fourth-order valence-electron chi connectivity index (χ4n) is 4.94. The SMILES string of the molecule is CCOC1OC(COC(=O)/C=C/c2ccc(O)c(O)c2)C(O)C(OC2OC(C)C(O)C(O)C2O)C1(O)c1ccc(O)c(O)c1. The summed E-state index contributed by atoms with van der Waals surface area (Å²) in [6.07, 6.45) is -12.2. The molecule has 15 heteroatoms. The number of carbonyl (C=O) groups is 1. The molecule has 2 aromatic carbocycles. The first-order chi connectivity index (χ1) is 20.8. The van der Waals surface area contributed by atoms with E-state index < -0.39 is 90.7 Å². The number of ether oxygens (including phenoxy) is 5. The Kier molecular flexibility index (Phi) is 10.3. The Morgan fingerprint density at radius 3 is 2.18 bits per heavy atom. The van der Waals surface area contributed by atoms with Crippen LogP contribution in [0.4, 0.5) is 0 Å². The van der Waals surface area contributed by atoms with Gasteiger partial charge in [0.2, 0.25) is 0 Å². The average molecular weight is 625 g/mol. The van der Waals surface area contributed by atoms with Crippen molar-refractivity contribution in [3.05, 3.63) is 53.6 Å². The number of phenolic OH excluding ortho intramolecular Hbond substituents is 4. The molecule has 2 aliphatic heterocycles. The van der Waals surface area contributed by atoms with Gasteiger partial charge in [-0.1, -0.05) is 12.1 Å². The lowest BCUT2D eigenvalue weighted by atomic mass is 9.80. The van der Waals surface area contributed by atoms with Crippen LogP contribution in [0.5, 0.6) is 23.0 Å². The lowest BCUT2D eigenvalue weighted by molar-refractivity contribution is -0.387. The largest absolute Gasteiger partial charge is 0.504 e. The Bertz CT molecular complexity index is 1330. The Hall–Kier alpha value is -3.51. The van der Waals surface area contributed by atoms with Crippen LogP contribution < -0.4 is 0 Å². The molecule has 2 heterocycles. The molecule has 0 bridgehead atoms. The summed E-state index contributed by atoms with van der Waals surface area (Å²) >= 11 is 0. The van der Waals surface area contributed by atoms with Gasteiger partial charge in [0.15, 0.2) is 41.2 Å². The van der Waals surface area contributed by atoms with Crippen molar-refractivity contribution in [3.63, 3.8) is 0 Å². The minimum atomic E-state index is -2.46. The Morgan fingerprint density at radius 2 is 1.55 bits per heavy atom. The maximum Gasteiger partial charge on any atom is 0.330 e. The van der Waals surface area contributed by atoms with Crippen LogP contribution >= 0.6 is 0 Å². The number of rotatable bonds is 9. The molecule has 2 saturated heterocycles. The third-order valence-corrected chi connectivity index (χ3v) is 7.43. The monoisotopic (exact) mass is 624 g/mol. The second kappa shape index (κ2) is 13.6. The van der Waals surface area contributed by atoms with E-state index in [1.54, 1.807) is 6.92 Å². The number of phenols is 4. The van der Waals surface area contributed by atoms with E-state index in [0.717, 1.165) is 18.2 Å². The summed E-state index contributed by atoms with van der Waals surface area (Å²) in [5.74, 6) is -2.78. The highest BCUT2D eigenvalue weighted by molar-refractivity contribution is 5.87. The summed E-state index contributed by atoms with van der Waals surface area (Å²) in [6.45, 7) is 2.34. The van der Waals surface area contributed by atoms with E-state index in [-0.39, 0.29) is 17.9 Å². The third kappa shape index (κ3) is 6.76. The average Bonchev–Trinajstić information content (AvgIpc) is 2.99. The van der Waals surface area contributed by atoms with E-state index in [4.69, 9.17) is 23.7 Å². The van der Waals surface area contributed by atoms with Crippen molar-refractivity contribution < 1.29 is 74.4 Å². The van der Waals surface area contributed by atoms with Gasteiger partial charge in [0.25, 0.3) is 0 Å². The molecule has 44 heavy (non-hydrogen) atoms. The van der Waals surface area contributed by atoms with Crippen LogP contribution in [0.15, 0.2) is 42.5 Å². The molecule has 0 aliphatic carbocycles. The molecule has 242 valence electrons. The Morgan fingerprint density at radius 1 is 0.886 bits per heavy atom. The number of benzene rings is 2. The summed E-state index contributed by atoms with van der Waals surface area (Å²) in [4.78, 5) is 12.5. The summed E-state index contributed by atoms with van der Waals surface area (Å²) in [5.41, 5.74) is -2.24. The fourth-order valence-corrected chi connectivity index (χ4v) is 4.94. The van der Waals surface area contributed by atoms with E-state index in [1.807, 2.05) is 0 Å². The van der Waals surface area contributed by atoms with E-state index in [0.29, 0.717) is 5.56 Å². The van der Waals surface area contributed by atoms with Crippen LogP contribution in [-0.4, -0.2) is 120 Å². The van der Waals surface area contributed by atoms with Gasteiger partial charge in [0.05, 0.1) is 6.10 Å². The molecular formula is C29H36O15. The number of aromatic hydroxyl groups is 4. The second-order valence-electron chi connectivity index (χ2n) is 10.4. The van der Waals surface area contributed by atoms with Crippen LogP contribution in [0, 0.1) is 0 Å². The molecule has 2 fully saturated rings. The van der Waals surface area contributed by atoms with E-state index >= 15 is 0 Å². The van der Waals surface area contributed by atoms with Crippen LogP contribution in [0.25, 0.3) is 6.08 Å². The fraction of sp³-hybridized carbons (Fsp3) is 0.483. The summed E-state index contributed by atoms with van der Waals surface area (Å²) in [5, 5.41) is 93.6. The summed E-state index contributed by atoms with van der Waals surface area (Å²) in [7, 11) is 0. The van der Waals surface area contributed by atoms with Crippen molar-refractivity contribution in [1.82, 2.24) is 0 Å². The molecule has 0 saturated carbocycles. The van der Waals surface area contributed by atoms with Crippen molar-refractivity contribution in [2.45, 2.75) is 74.8 Å². The lowest BCUT2D eigenvalue weighted by Gasteiger charge is -2.51. The molecule has 0 aromatic heterocycles. The van der Waals surface area contributed by atoms with Crippen LogP contribution in [-0.2, 0) is 34.1 Å². The molecule has 0 amide bonds. The molecular weight excluding hydrogens is 588 g/mol. The highest BCUT2D eigenvalue weighted by Crippen LogP contribution is 2.44. The first-order valence-corrected chi connectivity index (χ1v) is 13.7. The van der Waals surface area contributed by atoms with Crippen molar-refractivity contribution in [3.8, 4) is 23.0 Å². The van der Waals surface area contributed by atoms with Gasteiger partial charge >= 0.3 is 5.97 Å². The van der Waals surface area contributed by atoms with Gasteiger partial charge in [-0.05, 0) is 55.3 Å². The molecule has 10 atom stereocenters. The van der Waals surface area contributed by atoms with Crippen molar-refractivity contribution in [2.24, 2.45) is 0 Å². The van der Waals surface area contributed by atoms with Gasteiger partial charge in [-0.2, -0.15) is 0 Å². The predicted octanol–water partition coefficient (Wildman–Crippen LogP) is -0.712. The second-order valence-corrected chi connectivity index (χ2v) is 10.4. The normalized spacial score (nSPS) is 34.2. The maximum atomic E-state index is 12.5. The quantitative estimate of drug-likeness (QED) is 0.0950.